The van der Waals surface area contributed by atoms with E-state index in [9.17, 15) is 9.59 Å². The van der Waals surface area contributed by atoms with E-state index in [0.29, 0.717) is 23.7 Å². The molecule has 0 atom stereocenters. The molecule has 0 saturated heterocycles. The van der Waals surface area contributed by atoms with Crippen molar-refractivity contribution in [3.8, 4) is 0 Å². The first-order valence-corrected chi connectivity index (χ1v) is 8.40. The van der Waals surface area contributed by atoms with Gasteiger partial charge in [-0.3, -0.25) is 13.9 Å². The molecule has 2 heterocycles. The molecule has 0 spiro atoms. The fraction of sp³-hybridized carbons (Fsp3) is 0.333. The maximum Gasteiger partial charge on any atom is 0.332 e. The fourth-order valence-corrected chi connectivity index (χ4v) is 2.78. The summed E-state index contributed by atoms with van der Waals surface area (Å²) in [4.78, 5) is 29.3. The Labute approximate surface area is 150 Å². The van der Waals surface area contributed by atoms with E-state index in [-0.39, 0.29) is 11.5 Å². The largest absolute Gasteiger partial charge is 0.332 e. The van der Waals surface area contributed by atoms with Crippen LogP contribution in [0.25, 0.3) is 11.2 Å². The predicted molar refractivity (Wildman–Crippen MR) is 103 cm³/mol. The molecule has 0 saturated carbocycles. The Morgan fingerprint density at radius 1 is 1.15 bits per heavy atom. The van der Waals surface area contributed by atoms with Crippen LogP contribution in [0.5, 0.6) is 0 Å². The number of rotatable bonds is 5. The van der Waals surface area contributed by atoms with Gasteiger partial charge in [0.2, 0.25) is 5.95 Å². The van der Waals surface area contributed by atoms with E-state index in [1.807, 2.05) is 30.3 Å². The van der Waals surface area contributed by atoms with Crippen molar-refractivity contribution >= 4 is 23.3 Å². The van der Waals surface area contributed by atoms with Gasteiger partial charge < -0.3 is 4.57 Å². The van der Waals surface area contributed by atoms with Gasteiger partial charge in [0.15, 0.2) is 11.2 Å². The van der Waals surface area contributed by atoms with E-state index in [2.05, 4.69) is 29.4 Å². The second-order valence-electron chi connectivity index (χ2n) is 6.60. The molecular weight excluding hydrogens is 332 g/mol. The van der Waals surface area contributed by atoms with Crippen LogP contribution in [0.4, 0.5) is 5.95 Å². The molecule has 3 aromatic rings. The molecule has 1 N–H and O–H groups in total. The number of nitrogens with zero attached hydrogens (tertiary/aromatic N) is 5. The second kappa shape index (κ2) is 6.99. The normalized spacial score (nSPS) is 11.7. The number of aryl methyl sites for hydroxylation is 1. The number of imidazole rings is 1. The zero-order valence-corrected chi connectivity index (χ0v) is 15.3. The van der Waals surface area contributed by atoms with Crippen molar-refractivity contribution in [1.82, 2.24) is 18.7 Å². The molecule has 3 rings (SSSR count). The van der Waals surface area contributed by atoms with Crippen molar-refractivity contribution < 1.29 is 0 Å². The minimum atomic E-state index is -0.406. The van der Waals surface area contributed by atoms with Crippen LogP contribution in [0, 0.1) is 5.92 Å². The molecule has 0 radical (unpaired) electrons. The zero-order chi connectivity index (χ0) is 18.8. The van der Waals surface area contributed by atoms with E-state index in [1.165, 1.54) is 11.6 Å². The average Bonchev–Trinajstić information content (AvgIpc) is 2.97. The molecule has 0 aliphatic rings. The molecule has 2 aromatic heterocycles. The summed E-state index contributed by atoms with van der Waals surface area (Å²) in [5, 5.41) is 4.22. The van der Waals surface area contributed by atoms with Crippen molar-refractivity contribution in [2.24, 2.45) is 25.1 Å². The highest BCUT2D eigenvalue weighted by Crippen LogP contribution is 2.17. The molecule has 0 unspecified atom stereocenters. The number of hydrogen-bond donors (Lipinski definition) is 1. The Morgan fingerprint density at radius 3 is 2.50 bits per heavy atom. The van der Waals surface area contributed by atoms with Gasteiger partial charge in [0.1, 0.15) is 0 Å². The Kier molecular flexibility index (Phi) is 4.75. The van der Waals surface area contributed by atoms with Crippen LogP contribution < -0.4 is 16.7 Å². The van der Waals surface area contributed by atoms with Crippen LogP contribution in [-0.4, -0.2) is 24.9 Å². The molecule has 136 valence electrons. The number of hydrazone groups is 1. The van der Waals surface area contributed by atoms with E-state index in [0.717, 1.165) is 10.1 Å². The number of aromatic nitrogens is 4. The topological polar surface area (TPSA) is 86.2 Å². The minimum Gasteiger partial charge on any atom is -0.303 e. The summed E-state index contributed by atoms with van der Waals surface area (Å²) in [6.45, 7) is 4.68. The Bertz CT molecular complexity index is 1070. The van der Waals surface area contributed by atoms with E-state index in [1.54, 1.807) is 17.8 Å². The van der Waals surface area contributed by atoms with E-state index < -0.39 is 5.69 Å². The Morgan fingerprint density at radius 2 is 1.85 bits per heavy atom. The summed E-state index contributed by atoms with van der Waals surface area (Å²) in [7, 11) is 3.07. The molecule has 0 aliphatic carbocycles. The van der Waals surface area contributed by atoms with Gasteiger partial charge in [-0.2, -0.15) is 10.1 Å². The molecule has 0 amide bonds. The van der Waals surface area contributed by atoms with Crippen molar-refractivity contribution in [3.63, 3.8) is 0 Å². The quantitative estimate of drug-likeness (QED) is 0.556. The van der Waals surface area contributed by atoms with Gasteiger partial charge in [-0.1, -0.05) is 44.2 Å². The first-order chi connectivity index (χ1) is 12.4. The van der Waals surface area contributed by atoms with Crippen LogP contribution >= 0.6 is 0 Å². The summed E-state index contributed by atoms with van der Waals surface area (Å²) < 4.78 is 4.25. The SMILES string of the molecule is CC(C)Cn1c(N/N=C/c2ccccc2)nc2c1c(=O)n(C)c(=O)n2C. The maximum absolute atomic E-state index is 12.6. The van der Waals surface area contributed by atoms with Gasteiger partial charge in [0, 0.05) is 20.6 Å². The van der Waals surface area contributed by atoms with Gasteiger partial charge >= 0.3 is 5.69 Å². The molecular formula is C18H22N6O2. The maximum atomic E-state index is 12.6. The average molecular weight is 354 g/mol. The summed E-state index contributed by atoms with van der Waals surface area (Å²) in [6.07, 6.45) is 1.68. The van der Waals surface area contributed by atoms with Crippen molar-refractivity contribution in [3.05, 3.63) is 56.7 Å². The van der Waals surface area contributed by atoms with Crippen LogP contribution in [0.15, 0.2) is 45.0 Å². The smallest absolute Gasteiger partial charge is 0.303 e. The molecule has 8 nitrogen and oxygen atoms in total. The van der Waals surface area contributed by atoms with Crippen LogP contribution in [0.1, 0.15) is 19.4 Å². The first-order valence-electron chi connectivity index (χ1n) is 8.40. The Hall–Kier alpha value is -3.16. The predicted octanol–water partition coefficient (Wildman–Crippen LogP) is 1.54. The number of hydrogen-bond acceptors (Lipinski definition) is 5. The highest BCUT2D eigenvalue weighted by molar-refractivity contribution is 5.80. The zero-order valence-electron chi connectivity index (χ0n) is 15.3. The standard InChI is InChI=1S/C18H22N6O2/c1-12(2)11-24-14-15(22(3)18(26)23(4)16(14)25)20-17(24)21-19-10-13-8-6-5-7-9-13/h5-10,12H,11H2,1-4H3,(H,20,21)/b19-10+. The minimum absolute atomic E-state index is 0.285. The van der Waals surface area contributed by atoms with Gasteiger partial charge in [0.05, 0.1) is 6.21 Å². The van der Waals surface area contributed by atoms with Crippen molar-refractivity contribution in [2.75, 3.05) is 5.43 Å². The van der Waals surface area contributed by atoms with Crippen LogP contribution in [0.3, 0.4) is 0 Å². The number of nitrogens with one attached hydrogen (secondary N) is 1. The lowest BCUT2D eigenvalue weighted by molar-refractivity contribution is 0.534. The molecule has 0 fully saturated rings. The number of anilines is 1. The summed E-state index contributed by atoms with van der Waals surface area (Å²) in [6, 6.07) is 9.65. The summed E-state index contributed by atoms with van der Waals surface area (Å²) in [5.74, 6) is 0.715. The van der Waals surface area contributed by atoms with E-state index >= 15 is 0 Å². The highest BCUT2D eigenvalue weighted by Gasteiger charge is 2.19. The lowest BCUT2D eigenvalue weighted by atomic mass is 10.2. The van der Waals surface area contributed by atoms with E-state index in [4.69, 9.17) is 0 Å². The van der Waals surface area contributed by atoms with Crippen molar-refractivity contribution in [2.45, 2.75) is 20.4 Å². The molecule has 1 aromatic carbocycles. The third-order valence-corrected chi connectivity index (χ3v) is 4.07. The van der Waals surface area contributed by atoms with Crippen LogP contribution in [0.2, 0.25) is 0 Å². The van der Waals surface area contributed by atoms with Gasteiger partial charge in [-0.25, -0.2) is 10.2 Å². The van der Waals surface area contributed by atoms with Gasteiger partial charge in [-0.15, -0.1) is 0 Å². The van der Waals surface area contributed by atoms with Gasteiger partial charge in [-0.05, 0) is 11.5 Å². The second-order valence-corrected chi connectivity index (χ2v) is 6.60. The summed E-state index contributed by atoms with van der Waals surface area (Å²) >= 11 is 0. The lowest BCUT2D eigenvalue weighted by Crippen LogP contribution is -2.37. The first kappa shape index (κ1) is 17.7. The molecule has 26 heavy (non-hydrogen) atoms. The molecule has 0 aliphatic heterocycles. The van der Waals surface area contributed by atoms with Gasteiger partial charge in [0.25, 0.3) is 5.56 Å². The summed E-state index contributed by atoms with van der Waals surface area (Å²) in [5.41, 5.74) is 3.81. The Balaban J connectivity index is 2.11. The fourth-order valence-electron chi connectivity index (χ4n) is 2.78. The highest BCUT2D eigenvalue weighted by atomic mass is 16.2. The number of benzene rings is 1. The molecule has 0 bridgehead atoms. The third-order valence-electron chi connectivity index (χ3n) is 4.07. The van der Waals surface area contributed by atoms with Crippen molar-refractivity contribution in [1.29, 1.82) is 0 Å². The monoisotopic (exact) mass is 354 g/mol. The lowest BCUT2D eigenvalue weighted by Gasteiger charge is -2.11. The third kappa shape index (κ3) is 3.17. The van der Waals surface area contributed by atoms with Crippen LogP contribution in [-0.2, 0) is 20.6 Å². The number of fused-ring (bicyclic) bond motifs is 1. The molecule has 8 heteroatoms.